The third-order valence-electron chi connectivity index (χ3n) is 4.74. The number of ether oxygens (including phenoxy) is 2. The smallest absolute Gasteiger partial charge is 0.243 e. The van der Waals surface area contributed by atoms with E-state index in [2.05, 4.69) is 5.32 Å². The summed E-state index contributed by atoms with van der Waals surface area (Å²) in [6, 6.07) is 9.95. The number of rotatable bonds is 6. The molecule has 1 atom stereocenters. The summed E-state index contributed by atoms with van der Waals surface area (Å²) < 4.78 is 37.8. The molecule has 0 saturated carbocycles. The molecule has 0 aromatic heterocycles. The first-order valence-corrected chi connectivity index (χ1v) is 9.84. The van der Waals surface area contributed by atoms with Crippen molar-refractivity contribution in [1.82, 2.24) is 4.31 Å². The highest BCUT2D eigenvalue weighted by Crippen LogP contribution is 2.34. The van der Waals surface area contributed by atoms with Gasteiger partial charge in [-0.25, -0.2) is 8.42 Å². The minimum absolute atomic E-state index is 0.129. The average molecular weight is 390 g/mol. The van der Waals surface area contributed by atoms with Crippen LogP contribution >= 0.6 is 0 Å². The molecular formula is C19H22N2O5S. The average Bonchev–Trinajstić information content (AvgIpc) is 2.95. The predicted octanol–water partition coefficient (Wildman–Crippen LogP) is 2.58. The van der Waals surface area contributed by atoms with Crippen LogP contribution in [0.2, 0.25) is 0 Å². The highest BCUT2D eigenvalue weighted by atomic mass is 32.2. The molecule has 0 radical (unpaired) electrons. The lowest BCUT2D eigenvalue weighted by Crippen LogP contribution is -2.26. The lowest BCUT2D eigenvalue weighted by atomic mass is 10.0. The van der Waals surface area contributed by atoms with Gasteiger partial charge in [0, 0.05) is 30.9 Å². The number of carbonyl (C=O) groups excluding carboxylic acids is 1. The van der Waals surface area contributed by atoms with Crippen molar-refractivity contribution < 1.29 is 22.7 Å². The predicted molar refractivity (Wildman–Crippen MR) is 102 cm³/mol. The molecule has 2 aromatic rings. The van der Waals surface area contributed by atoms with Gasteiger partial charge in [-0.3, -0.25) is 4.79 Å². The molecule has 3 rings (SSSR count). The van der Waals surface area contributed by atoms with Crippen LogP contribution in [0.5, 0.6) is 11.5 Å². The number of amides is 1. The molecule has 27 heavy (non-hydrogen) atoms. The Labute approximate surface area is 158 Å². The number of nitrogens with zero attached hydrogens (tertiary/aromatic N) is 1. The van der Waals surface area contributed by atoms with Crippen molar-refractivity contribution in [1.29, 1.82) is 0 Å². The van der Waals surface area contributed by atoms with Crippen molar-refractivity contribution in [2.75, 3.05) is 26.6 Å². The van der Waals surface area contributed by atoms with E-state index in [0.29, 0.717) is 22.7 Å². The Balaban J connectivity index is 1.89. The van der Waals surface area contributed by atoms with Crippen molar-refractivity contribution in [3.63, 3.8) is 0 Å². The molecule has 0 spiro atoms. The first-order valence-electron chi connectivity index (χ1n) is 8.40. The van der Waals surface area contributed by atoms with E-state index in [4.69, 9.17) is 9.47 Å². The molecule has 1 amide bonds. The molecule has 0 unspecified atom stereocenters. The van der Waals surface area contributed by atoms with Gasteiger partial charge in [0.2, 0.25) is 15.9 Å². The van der Waals surface area contributed by atoms with Gasteiger partial charge in [0.25, 0.3) is 0 Å². The van der Waals surface area contributed by atoms with Crippen molar-refractivity contribution >= 4 is 21.6 Å². The summed E-state index contributed by atoms with van der Waals surface area (Å²) in [6.45, 7) is 1.89. The topological polar surface area (TPSA) is 84.9 Å². The van der Waals surface area contributed by atoms with Crippen molar-refractivity contribution in [2.45, 2.75) is 24.3 Å². The van der Waals surface area contributed by atoms with E-state index in [1.807, 2.05) is 0 Å². The largest absolute Gasteiger partial charge is 0.497 e. The Hall–Kier alpha value is -2.58. The second-order valence-corrected chi connectivity index (χ2v) is 8.44. The third kappa shape index (κ3) is 3.50. The molecule has 0 fully saturated rings. The van der Waals surface area contributed by atoms with Crippen LogP contribution in [0.1, 0.15) is 24.0 Å². The Morgan fingerprint density at radius 1 is 1.11 bits per heavy atom. The zero-order chi connectivity index (χ0) is 19.8. The number of benzene rings is 2. The fourth-order valence-corrected chi connectivity index (χ4v) is 4.23. The van der Waals surface area contributed by atoms with Gasteiger partial charge < -0.3 is 14.8 Å². The molecular weight excluding hydrogens is 368 g/mol. The highest BCUT2D eigenvalue weighted by Gasteiger charge is 2.30. The van der Waals surface area contributed by atoms with Crippen LogP contribution in [-0.2, 0) is 21.4 Å². The van der Waals surface area contributed by atoms with E-state index in [9.17, 15) is 13.2 Å². The Morgan fingerprint density at radius 3 is 2.52 bits per heavy atom. The summed E-state index contributed by atoms with van der Waals surface area (Å²) in [6.07, 6.45) is 0. The molecule has 7 nitrogen and oxygen atoms in total. The summed E-state index contributed by atoms with van der Waals surface area (Å²) >= 11 is 0. The number of sulfonamides is 1. The molecule has 1 aliphatic heterocycles. The van der Waals surface area contributed by atoms with Gasteiger partial charge in [-0.05, 0) is 36.8 Å². The maximum Gasteiger partial charge on any atom is 0.243 e. The molecule has 8 heteroatoms. The zero-order valence-corrected chi connectivity index (χ0v) is 16.5. The van der Waals surface area contributed by atoms with Crippen LogP contribution in [-0.4, -0.2) is 39.9 Å². The van der Waals surface area contributed by atoms with Gasteiger partial charge in [0.1, 0.15) is 11.5 Å². The maximum atomic E-state index is 13.0. The van der Waals surface area contributed by atoms with E-state index in [0.717, 1.165) is 5.56 Å². The van der Waals surface area contributed by atoms with Crippen molar-refractivity contribution in [2.24, 2.45) is 0 Å². The second-order valence-electron chi connectivity index (χ2n) is 6.40. The van der Waals surface area contributed by atoms with E-state index in [1.54, 1.807) is 44.4 Å². The van der Waals surface area contributed by atoms with Crippen LogP contribution in [0.4, 0.5) is 5.69 Å². The van der Waals surface area contributed by atoms with Crippen LogP contribution in [0.3, 0.4) is 0 Å². The minimum atomic E-state index is -3.73. The standard InChI is InChI=1S/C19H22N2O5S/c1-12-16-10-15(7-8-17(16)20-19(12)22)27(23,24)21(2)11-13-5-6-14(25-3)9-18(13)26-4/h5-10,12H,11H2,1-4H3,(H,20,22)/t12-/m1/s1. The minimum Gasteiger partial charge on any atom is -0.497 e. The molecule has 1 aliphatic rings. The number of carbonyl (C=O) groups is 1. The summed E-state index contributed by atoms with van der Waals surface area (Å²) in [5.74, 6) is 0.678. The van der Waals surface area contributed by atoms with E-state index < -0.39 is 10.0 Å². The number of hydrogen-bond donors (Lipinski definition) is 1. The summed E-state index contributed by atoms with van der Waals surface area (Å²) in [4.78, 5) is 11.9. The van der Waals surface area contributed by atoms with Crippen LogP contribution in [0, 0.1) is 0 Å². The zero-order valence-electron chi connectivity index (χ0n) is 15.6. The van der Waals surface area contributed by atoms with Gasteiger partial charge in [0.15, 0.2) is 0 Å². The summed E-state index contributed by atoms with van der Waals surface area (Å²) in [7, 11) is 0.862. The molecule has 0 bridgehead atoms. The Bertz CT molecular complexity index is 988. The first-order chi connectivity index (χ1) is 12.8. The van der Waals surface area contributed by atoms with Crippen LogP contribution < -0.4 is 14.8 Å². The van der Waals surface area contributed by atoms with Gasteiger partial charge >= 0.3 is 0 Å². The maximum absolute atomic E-state index is 13.0. The van der Waals surface area contributed by atoms with Crippen molar-refractivity contribution in [3.05, 3.63) is 47.5 Å². The van der Waals surface area contributed by atoms with Crippen LogP contribution in [0.25, 0.3) is 0 Å². The fraction of sp³-hybridized carbons (Fsp3) is 0.316. The lowest BCUT2D eigenvalue weighted by Gasteiger charge is -2.19. The highest BCUT2D eigenvalue weighted by molar-refractivity contribution is 7.89. The molecule has 1 heterocycles. The SMILES string of the molecule is COc1ccc(CN(C)S(=O)(=O)c2ccc3c(c2)[C@@H](C)C(=O)N3)c(OC)c1. The number of methoxy groups -OCH3 is 2. The normalized spacial score (nSPS) is 16.2. The molecule has 144 valence electrons. The van der Waals surface area contributed by atoms with E-state index in [-0.39, 0.29) is 23.3 Å². The van der Waals surface area contributed by atoms with Crippen molar-refractivity contribution in [3.8, 4) is 11.5 Å². The quantitative estimate of drug-likeness (QED) is 0.819. The van der Waals surface area contributed by atoms with Gasteiger partial charge in [-0.15, -0.1) is 0 Å². The van der Waals surface area contributed by atoms with Crippen LogP contribution in [0.15, 0.2) is 41.3 Å². The number of anilines is 1. The summed E-state index contributed by atoms with van der Waals surface area (Å²) in [5.41, 5.74) is 2.07. The molecule has 2 aromatic carbocycles. The first kappa shape index (κ1) is 19.2. The third-order valence-corrected chi connectivity index (χ3v) is 6.54. The molecule has 0 aliphatic carbocycles. The monoisotopic (exact) mass is 390 g/mol. The lowest BCUT2D eigenvalue weighted by molar-refractivity contribution is -0.116. The number of fused-ring (bicyclic) bond motifs is 1. The summed E-state index contributed by atoms with van der Waals surface area (Å²) in [5, 5.41) is 2.74. The Kier molecular flexibility index (Phi) is 5.12. The molecule has 1 N–H and O–H groups in total. The number of hydrogen-bond acceptors (Lipinski definition) is 5. The van der Waals surface area contributed by atoms with E-state index in [1.165, 1.54) is 24.5 Å². The fourth-order valence-electron chi connectivity index (χ4n) is 3.04. The number of nitrogens with one attached hydrogen (secondary N) is 1. The second kappa shape index (κ2) is 7.21. The molecule has 0 saturated heterocycles. The van der Waals surface area contributed by atoms with Gasteiger partial charge in [-0.1, -0.05) is 6.07 Å². The van der Waals surface area contributed by atoms with Gasteiger partial charge in [-0.2, -0.15) is 4.31 Å². The Morgan fingerprint density at radius 2 is 1.85 bits per heavy atom. The van der Waals surface area contributed by atoms with Gasteiger partial charge in [0.05, 0.1) is 25.0 Å². The van der Waals surface area contributed by atoms with E-state index >= 15 is 0 Å².